The number of rotatable bonds is 1. The summed E-state index contributed by atoms with van der Waals surface area (Å²) in [6.45, 7) is 6.40. The highest BCUT2D eigenvalue weighted by Gasteiger charge is 2.19. The van der Waals surface area contributed by atoms with Gasteiger partial charge in [0.1, 0.15) is 0 Å². The van der Waals surface area contributed by atoms with Gasteiger partial charge in [0.25, 0.3) is 0 Å². The van der Waals surface area contributed by atoms with Crippen molar-refractivity contribution in [3.63, 3.8) is 0 Å². The van der Waals surface area contributed by atoms with Gasteiger partial charge in [0.2, 0.25) is 0 Å². The Kier molecular flexibility index (Phi) is 2.61. The second kappa shape index (κ2) is 4.41. The molecule has 0 saturated carbocycles. The van der Waals surface area contributed by atoms with Crippen LogP contribution < -0.4 is 5.73 Å². The Morgan fingerprint density at radius 1 is 0.864 bits per heavy atom. The van der Waals surface area contributed by atoms with Crippen LogP contribution in [0.1, 0.15) is 16.8 Å². The summed E-state index contributed by atoms with van der Waals surface area (Å²) in [6.07, 6.45) is 4.24. The fraction of sp³-hybridized carbons (Fsp3) is 0.158. The maximum atomic E-state index is 6.45. The zero-order valence-electron chi connectivity index (χ0n) is 13.1. The molecule has 0 aliphatic carbocycles. The Balaban J connectivity index is 2.21. The van der Waals surface area contributed by atoms with Gasteiger partial charge >= 0.3 is 0 Å². The molecule has 4 rings (SSSR count). The monoisotopic (exact) mass is 289 g/mol. The molecule has 2 N–H and O–H groups in total. The third kappa shape index (κ3) is 1.56. The number of aromatic nitrogens is 2. The van der Waals surface area contributed by atoms with E-state index in [-0.39, 0.29) is 0 Å². The number of nitrogen functional groups attached to an aromatic ring is 1. The Hall–Kier alpha value is -2.68. The van der Waals surface area contributed by atoms with Crippen molar-refractivity contribution in [3.8, 4) is 5.69 Å². The molecular weight excluding hydrogens is 270 g/mol. The average Bonchev–Trinajstić information content (AvgIpc) is 2.98. The number of fused-ring (bicyclic) bond motifs is 3. The van der Waals surface area contributed by atoms with Crippen LogP contribution >= 0.6 is 0 Å². The van der Waals surface area contributed by atoms with Crippen LogP contribution in [0.3, 0.4) is 0 Å². The fourth-order valence-electron chi connectivity index (χ4n) is 3.48. The quantitative estimate of drug-likeness (QED) is 0.554. The van der Waals surface area contributed by atoms with Crippen LogP contribution in [0.5, 0.6) is 0 Å². The number of aryl methyl sites for hydroxylation is 2. The smallest absolute Gasteiger partial charge is 0.0740 e. The molecule has 0 aliphatic rings. The lowest BCUT2D eigenvalue weighted by Crippen LogP contribution is -2.02. The molecular formula is C19H19N3. The topological polar surface area (TPSA) is 35.4 Å². The van der Waals surface area contributed by atoms with Gasteiger partial charge < -0.3 is 14.7 Å². The second-order valence-corrected chi connectivity index (χ2v) is 5.96. The summed E-state index contributed by atoms with van der Waals surface area (Å²) in [6, 6.07) is 12.6. The Morgan fingerprint density at radius 2 is 1.59 bits per heavy atom. The molecule has 0 fully saturated rings. The van der Waals surface area contributed by atoms with Crippen LogP contribution in [-0.4, -0.2) is 8.97 Å². The summed E-state index contributed by atoms with van der Waals surface area (Å²) in [5.74, 6) is 0. The minimum absolute atomic E-state index is 0.867. The first-order valence-electron chi connectivity index (χ1n) is 7.52. The summed E-state index contributed by atoms with van der Waals surface area (Å²) < 4.78 is 4.44. The van der Waals surface area contributed by atoms with Gasteiger partial charge in [-0.25, -0.2) is 0 Å². The van der Waals surface area contributed by atoms with Crippen molar-refractivity contribution in [2.75, 3.05) is 5.73 Å². The van der Waals surface area contributed by atoms with Crippen molar-refractivity contribution in [1.29, 1.82) is 0 Å². The van der Waals surface area contributed by atoms with Gasteiger partial charge in [-0.3, -0.25) is 0 Å². The lowest BCUT2D eigenvalue weighted by Gasteiger charge is -2.14. The van der Waals surface area contributed by atoms with Gasteiger partial charge in [-0.05, 0) is 44.0 Å². The van der Waals surface area contributed by atoms with E-state index in [0.29, 0.717) is 0 Å². The summed E-state index contributed by atoms with van der Waals surface area (Å²) in [5.41, 5.74) is 14.5. The van der Waals surface area contributed by atoms with Crippen LogP contribution in [0.25, 0.3) is 22.1 Å². The van der Waals surface area contributed by atoms with Gasteiger partial charge in [0, 0.05) is 23.5 Å². The second-order valence-electron chi connectivity index (χ2n) is 5.96. The number of anilines is 1. The summed E-state index contributed by atoms with van der Waals surface area (Å²) in [4.78, 5) is 0. The maximum absolute atomic E-state index is 6.45. The van der Waals surface area contributed by atoms with Gasteiger partial charge in [-0.2, -0.15) is 0 Å². The van der Waals surface area contributed by atoms with E-state index in [4.69, 9.17) is 5.73 Å². The molecule has 0 aliphatic heterocycles. The van der Waals surface area contributed by atoms with E-state index in [1.165, 1.54) is 22.3 Å². The highest BCUT2D eigenvalue weighted by Crippen LogP contribution is 2.36. The average molecular weight is 289 g/mol. The first-order chi connectivity index (χ1) is 10.6. The molecule has 0 spiro atoms. The van der Waals surface area contributed by atoms with Crippen molar-refractivity contribution in [3.05, 3.63) is 65.6 Å². The first kappa shape index (κ1) is 13.0. The number of para-hydroxylation sites is 1. The number of benzene rings is 1. The van der Waals surface area contributed by atoms with Gasteiger partial charge in [0.05, 0.1) is 22.4 Å². The summed E-state index contributed by atoms with van der Waals surface area (Å²) in [5, 5.41) is 1.14. The zero-order valence-corrected chi connectivity index (χ0v) is 13.1. The fourth-order valence-corrected chi connectivity index (χ4v) is 3.48. The number of nitrogens with zero attached hydrogens (tertiary/aromatic N) is 2. The third-order valence-corrected chi connectivity index (χ3v) is 4.56. The molecule has 0 unspecified atom stereocenters. The lowest BCUT2D eigenvalue weighted by atomic mass is 10.1. The molecule has 22 heavy (non-hydrogen) atoms. The van der Waals surface area contributed by atoms with Crippen LogP contribution in [-0.2, 0) is 0 Å². The molecule has 0 saturated heterocycles. The normalized spacial score (nSPS) is 11.6. The highest BCUT2D eigenvalue weighted by atomic mass is 15.0. The molecule has 3 heterocycles. The molecule has 3 aromatic heterocycles. The minimum atomic E-state index is 0.867. The van der Waals surface area contributed by atoms with E-state index in [9.17, 15) is 0 Å². The van der Waals surface area contributed by atoms with Crippen molar-refractivity contribution < 1.29 is 0 Å². The molecule has 0 amide bonds. The largest absolute Gasteiger partial charge is 0.397 e. The first-order valence-corrected chi connectivity index (χ1v) is 7.52. The van der Waals surface area contributed by atoms with E-state index in [2.05, 4.69) is 72.5 Å². The van der Waals surface area contributed by atoms with E-state index in [1.54, 1.807) is 0 Å². The SMILES string of the molecule is Cc1cccc(C)c1-n1c(C)c(N)c2c1cn1ccccc21. The Bertz CT molecular complexity index is 998. The van der Waals surface area contributed by atoms with E-state index >= 15 is 0 Å². The van der Waals surface area contributed by atoms with Crippen molar-refractivity contribution in [1.82, 2.24) is 8.97 Å². The molecule has 0 atom stereocenters. The minimum Gasteiger partial charge on any atom is -0.397 e. The lowest BCUT2D eigenvalue weighted by molar-refractivity contribution is 1.02. The van der Waals surface area contributed by atoms with Gasteiger partial charge in [-0.1, -0.05) is 24.3 Å². The molecule has 1 aromatic carbocycles. The van der Waals surface area contributed by atoms with Crippen molar-refractivity contribution in [2.24, 2.45) is 0 Å². The summed E-state index contributed by atoms with van der Waals surface area (Å²) in [7, 11) is 0. The van der Waals surface area contributed by atoms with E-state index < -0.39 is 0 Å². The van der Waals surface area contributed by atoms with Gasteiger partial charge in [-0.15, -0.1) is 0 Å². The molecule has 110 valence electrons. The predicted octanol–water partition coefficient (Wildman–Crippen LogP) is 4.39. The van der Waals surface area contributed by atoms with Crippen molar-refractivity contribution >= 4 is 22.1 Å². The van der Waals surface area contributed by atoms with Crippen LogP contribution in [0.4, 0.5) is 5.69 Å². The van der Waals surface area contributed by atoms with Crippen LogP contribution in [0, 0.1) is 20.8 Å². The number of hydrogen-bond donors (Lipinski definition) is 1. The Morgan fingerprint density at radius 3 is 2.32 bits per heavy atom. The number of pyridine rings is 1. The Labute approximate surface area is 129 Å². The number of nitrogens with two attached hydrogens (primary N) is 1. The molecule has 3 nitrogen and oxygen atoms in total. The van der Waals surface area contributed by atoms with Gasteiger partial charge in [0.15, 0.2) is 0 Å². The van der Waals surface area contributed by atoms with Crippen LogP contribution in [0.15, 0.2) is 48.8 Å². The summed E-state index contributed by atoms with van der Waals surface area (Å²) >= 11 is 0. The molecule has 4 aromatic rings. The van der Waals surface area contributed by atoms with Crippen LogP contribution in [0.2, 0.25) is 0 Å². The molecule has 0 bridgehead atoms. The number of hydrogen-bond acceptors (Lipinski definition) is 1. The van der Waals surface area contributed by atoms with Crippen molar-refractivity contribution in [2.45, 2.75) is 20.8 Å². The standard InChI is InChI=1S/C19H19N3/c1-12-7-6-8-13(2)19(12)22-14(3)18(20)17-15-9-4-5-10-21(15)11-16(17)22/h4-11H,20H2,1-3H3. The molecule has 0 radical (unpaired) electrons. The molecule has 3 heteroatoms. The van der Waals surface area contributed by atoms with E-state index in [1.807, 2.05) is 6.07 Å². The maximum Gasteiger partial charge on any atom is 0.0740 e. The third-order valence-electron chi connectivity index (χ3n) is 4.56. The highest BCUT2D eigenvalue weighted by molar-refractivity contribution is 6.06. The zero-order chi connectivity index (χ0) is 15.4. The predicted molar refractivity (Wildman–Crippen MR) is 92.9 cm³/mol. The van der Waals surface area contributed by atoms with E-state index in [0.717, 1.165) is 22.3 Å².